The Morgan fingerprint density at radius 3 is 2.88 bits per heavy atom. The van der Waals surface area contributed by atoms with Gasteiger partial charge in [0.2, 0.25) is 0 Å². The van der Waals surface area contributed by atoms with Gasteiger partial charge in [-0.2, -0.15) is 0 Å². The van der Waals surface area contributed by atoms with Crippen LogP contribution in [0.3, 0.4) is 0 Å². The number of benzene rings is 2. The zero-order valence-electron chi connectivity index (χ0n) is 14.0. The number of nitrogens with zero attached hydrogens (tertiary/aromatic N) is 1. The number of anilines is 1. The van der Waals surface area contributed by atoms with Crippen LogP contribution in [0, 0.1) is 0 Å². The molecule has 0 atom stereocenters. The second-order valence-corrected chi connectivity index (χ2v) is 6.51. The van der Waals surface area contributed by atoms with Crippen LogP contribution in [0.4, 0.5) is 10.5 Å². The van der Waals surface area contributed by atoms with Gasteiger partial charge in [0.15, 0.2) is 0 Å². The number of fused-ring (bicyclic) bond motifs is 1. The number of urea groups is 1. The van der Waals surface area contributed by atoms with E-state index in [0.29, 0.717) is 13.2 Å². The summed E-state index contributed by atoms with van der Waals surface area (Å²) in [5.41, 5.74) is 3.33. The first-order chi connectivity index (χ1) is 11.7. The average molecular weight is 342 g/mol. The minimum absolute atomic E-state index is 0.0519. The molecule has 0 saturated heterocycles. The Labute approximate surface area is 147 Å². The van der Waals surface area contributed by atoms with Gasteiger partial charge in [-0.25, -0.2) is 4.79 Å². The van der Waals surface area contributed by atoms with E-state index in [1.165, 1.54) is 11.1 Å². The fourth-order valence-electron chi connectivity index (χ4n) is 2.91. The summed E-state index contributed by atoms with van der Waals surface area (Å²) in [4.78, 5) is 15.6. The van der Waals surface area contributed by atoms with Crippen LogP contribution >= 0.6 is 11.8 Å². The van der Waals surface area contributed by atoms with Crippen LogP contribution in [0.2, 0.25) is 0 Å². The summed E-state index contributed by atoms with van der Waals surface area (Å²) in [7, 11) is 0. The van der Waals surface area contributed by atoms with Crippen LogP contribution in [-0.2, 0) is 13.0 Å². The predicted molar refractivity (Wildman–Crippen MR) is 99.0 cm³/mol. The number of rotatable bonds is 4. The van der Waals surface area contributed by atoms with Gasteiger partial charge in [0.05, 0.1) is 12.3 Å². The van der Waals surface area contributed by atoms with Gasteiger partial charge in [-0.1, -0.05) is 18.2 Å². The number of para-hydroxylation sites is 1. The van der Waals surface area contributed by atoms with E-state index in [1.807, 2.05) is 54.5 Å². The van der Waals surface area contributed by atoms with E-state index >= 15 is 0 Å². The van der Waals surface area contributed by atoms with Crippen molar-refractivity contribution in [2.24, 2.45) is 0 Å². The van der Waals surface area contributed by atoms with E-state index in [-0.39, 0.29) is 6.03 Å². The zero-order valence-corrected chi connectivity index (χ0v) is 14.9. The van der Waals surface area contributed by atoms with Gasteiger partial charge in [0.25, 0.3) is 0 Å². The summed E-state index contributed by atoms with van der Waals surface area (Å²) in [5.74, 6) is 0.867. The molecule has 0 saturated carbocycles. The van der Waals surface area contributed by atoms with Crippen LogP contribution < -0.4 is 10.1 Å². The zero-order chi connectivity index (χ0) is 16.9. The monoisotopic (exact) mass is 342 g/mol. The normalized spacial score (nSPS) is 13.3. The molecule has 0 unspecified atom stereocenters. The molecule has 5 heteroatoms. The highest BCUT2D eigenvalue weighted by molar-refractivity contribution is 7.98. The highest BCUT2D eigenvalue weighted by atomic mass is 32.2. The van der Waals surface area contributed by atoms with Crippen molar-refractivity contribution in [3.63, 3.8) is 0 Å². The molecule has 24 heavy (non-hydrogen) atoms. The van der Waals surface area contributed by atoms with Crippen molar-refractivity contribution in [3.05, 3.63) is 53.6 Å². The SMILES string of the molecule is CCOc1ccc2c(c1)CN(C(=O)Nc1ccccc1SC)CC2. The molecule has 1 heterocycles. The molecule has 0 radical (unpaired) electrons. The third kappa shape index (κ3) is 3.67. The molecule has 1 N–H and O–H groups in total. The highest BCUT2D eigenvalue weighted by Gasteiger charge is 2.21. The quantitative estimate of drug-likeness (QED) is 0.838. The molecule has 1 aliphatic heterocycles. The van der Waals surface area contributed by atoms with E-state index in [4.69, 9.17) is 4.74 Å². The number of carbonyl (C=O) groups excluding carboxylic acids is 1. The van der Waals surface area contributed by atoms with Gasteiger partial charge in [0.1, 0.15) is 5.75 Å². The molecular formula is C19H22N2O2S. The van der Waals surface area contributed by atoms with Crippen molar-refractivity contribution in [2.75, 3.05) is 24.7 Å². The lowest BCUT2D eigenvalue weighted by Gasteiger charge is -2.29. The number of ether oxygens (including phenoxy) is 1. The number of amides is 2. The largest absolute Gasteiger partial charge is 0.494 e. The van der Waals surface area contributed by atoms with Gasteiger partial charge < -0.3 is 15.0 Å². The number of hydrogen-bond acceptors (Lipinski definition) is 3. The molecular weight excluding hydrogens is 320 g/mol. The van der Waals surface area contributed by atoms with Crippen molar-refractivity contribution >= 4 is 23.5 Å². The Bertz CT molecular complexity index is 733. The molecule has 2 aromatic rings. The minimum atomic E-state index is -0.0519. The topological polar surface area (TPSA) is 41.6 Å². The van der Waals surface area contributed by atoms with E-state index in [0.717, 1.165) is 29.3 Å². The molecule has 0 spiro atoms. The first-order valence-corrected chi connectivity index (χ1v) is 9.37. The second-order valence-electron chi connectivity index (χ2n) is 5.67. The minimum Gasteiger partial charge on any atom is -0.494 e. The van der Waals surface area contributed by atoms with E-state index in [9.17, 15) is 4.79 Å². The predicted octanol–water partition coefficient (Wildman–Crippen LogP) is 4.40. The van der Waals surface area contributed by atoms with Crippen LogP contribution in [0.5, 0.6) is 5.75 Å². The van der Waals surface area contributed by atoms with Crippen molar-refractivity contribution in [1.82, 2.24) is 4.90 Å². The first-order valence-electron chi connectivity index (χ1n) is 8.14. The van der Waals surface area contributed by atoms with Gasteiger partial charge in [-0.3, -0.25) is 0 Å². The third-order valence-corrected chi connectivity index (χ3v) is 4.93. The lowest BCUT2D eigenvalue weighted by molar-refractivity contribution is 0.206. The van der Waals surface area contributed by atoms with Crippen LogP contribution in [0.15, 0.2) is 47.4 Å². The van der Waals surface area contributed by atoms with Gasteiger partial charge in [0, 0.05) is 18.0 Å². The highest BCUT2D eigenvalue weighted by Crippen LogP contribution is 2.27. The summed E-state index contributed by atoms with van der Waals surface area (Å²) < 4.78 is 5.57. The maximum absolute atomic E-state index is 12.6. The molecule has 0 bridgehead atoms. The summed E-state index contributed by atoms with van der Waals surface area (Å²) in [6.07, 6.45) is 2.89. The van der Waals surface area contributed by atoms with Crippen molar-refractivity contribution in [1.29, 1.82) is 0 Å². The van der Waals surface area contributed by atoms with Crippen LogP contribution in [0.25, 0.3) is 0 Å². The molecule has 0 fully saturated rings. The standard InChI is InChI=1S/C19H22N2O2S/c1-3-23-16-9-8-14-10-11-21(13-15(14)12-16)19(22)20-17-6-4-5-7-18(17)24-2/h4-9,12H,3,10-11,13H2,1-2H3,(H,20,22). The average Bonchev–Trinajstić information content (AvgIpc) is 2.62. The number of nitrogens with one attached hydrogen (secondary N) is 1. The van der Waals surface area contributed by atoms with Crippen LogP contribution in [0.1, 0.15) is 18.1 Å². The van der Waals surface area contributed by atoms with E-state index in [2.05, 4.69) is 11.4 Å². The van der Waals surface area contributed by atoms with Gasteiger partial charge in [-0.05, 0) is 55.0 Å². The Kier molecular flexibility index (Phi) is 5.30. The number of carbonyl (C=O) groups is 1. The lowest BCUT2D eigenvalue weighted by Crippen LogP contribution is -2.38. The third-order valence-electron chi connectivity index (χ3n) is 4.14. The molecule has 1 aliphatic rings. The van der Waals surface area contributed by atoms with E-state index in [1.54, 1.807) is 11.8 Å². The fraction of sp³-hybridized carbons (Fsp3) is 0.316. The Morgan fingerprint density at radius 1 is 1.25 bits per heavy atom. The molecule has 2 amide bonds. The summed E-state index contributed by atoms with van der Waals surface area (Å²) in [6, 6.07) is 14.0. The molecule has 0 aliphatic carbocycles. The molecule has 4 nitrogen and oxygen atoms in total. The molecule has 126 valence electrons. The second kappa shape index (κ2) is 7.62. The Balaban J connectivity index is 1.72. The van der Waals surface area contributed by atoms with Crippen molar-refractivity contribution < 1.29 is 9.53 Å². The smallest absolute Gasteiger partial charge is 0.322 e. The molecule has 2 aromatic carbocycles. The Morgan fingerprint density at radius 2 is 2.08 bits per heavy atom. The summed E-state index contributed by atoms with van der Waals surface area (Å²) in [5, 5.41) is 3.04. The summed E-state index contributed by atoms with van der Waals surface area (Å²) in [6.45, 7) is 3.97. The summed E-state index contributed by atoms with van der Waals surface area (Å²) >= 11 is 1.63. The maximum Gasteiger partial charge on any atom is 0.322 e. The molecule has 3 rings (SSSR count). The van der Waals surface area contributed by atoms with Crippen LogP contribution in [-0.4, -0.2) is 30.3 Å². The number of thioether (sulfide) groups is 1. The molecule has 0 aromatic heterocycles. The Hall–Kier alpha value is -2.14. The van der Waals surface area contributed by atoms with Crippen molar-refractivity contribution in [2.45, 2.75) is 24.8 Å². The first kappa shape index (κ1) is 16.7. The fourth-order valence-corrected chi connectivity index (χ4v) is 3.46. The van der Waals surface area contributed by atoms with Crippen molar-refractivity contribution in [3.8, 4) is 5.75 Å². The van der Waals surface area contributed by atoms with Gasteiger partial charge in [-0.15, -0.1) is 11.8 Å². The van der Waals surface area contributed by atoms with E-state index < -0.39 is 0 Å². The lowest BCUT2D eigenvalue weighted by atomic mass is 10.00. The van der Waals surface area contributed by atoms with Gasteiger partial charge >= 0.3 is 6.03 Å². The number of hydrogen-bond donors (Lipinski definition) is 1. The maximum atomic E-state index is 12.6.